The second-order valence-electron chi connectivity index (χ2n) is 4.96. The fraction of sp³-hybridized carbons (Fsp3) is 0.462. The fourth-order valence-corrected chi connectivity index (χ4v) is 3.79. The Balaban J connectivity index is 2.06. The van der Waals surface area contributed by atoms with E-state index in [2.05, 4.69) is 4.72 Å². The molecule has 1 fully saturated rings. The number of nitriles is 1. The molecule has 1 aromatic rings. The van der Waals surface area contributed by atoms with Crippen molar-refractivity contribution in [1.29, 1.82) is 5.26 Å². The van der Waals surface area contributed by atoms with Gasteiger partial charge in [0.05, 0.1) is 29.5 Å². The fourth-order valence-electron chi connectivity index (χ4n) is 2.16. The molecule has 0 aromatic heterocycles. The van der Waals surface area contributed by atoms with Gasteiger partial charge in [0.25, 0.3) is 0 Å². The summed E-state index contributed by atoms with van der Waals surface area (Å²) >= 11 is 0. The zero-order chi connectivity index (χ0) is 13.9. The predicted molar refractivity (Wildman–Crippen MR) is 70.6 cm³/mol. The van der Waals surface area contributed by atoms with E-state index in [-0.39, 0.29) is 12.4 Å². The van der Waals surface area contributed by atoms with E-state index in [9.17, 15) is 13.5 Å². The maximum atomic E-state index is 12.0. The topological polar surface area (TPSA) is 90.2 Å². The maximum Gasteiger partial charge on any atom is 0.216 e. The van der Waals surface area contributed by atoms with Gasteiger partial charge in [-0.05, 0) is 37.0 Å². The molecule has 2 rings (SSSR count). The lowest BCUT2D eigenvalue weighted by Crippen LogP contribution is -2.56. The highest BCUT2D eigenvalue weighted by Crippen LogP contribution is 2.32. The van der Waals surface area contributed by atoms with Gasteiger partial charge < -0.3 is 5.11 Å². The molecular weight excluding hydrogens is 264 g/mol. The number of nitrogens with zero attached hydrogens (tertiary/aromatic N) is 1. The van der Waals surface area contributed by atoms with Crippen LogP contribution in [-0.4, -0.2) is 25.7 Å². The number of sulfonamides is 1. The Morgan fingerprint density at radius 1 is 1.32 bits per heavy atom. The van der Waals surface area contributed by atoms with E-state index in [0.29, 0.717) is 24.0 Å². The quantitative estimate of drug-likeness (QED) is 0.838. The van der Waals surface area contributed by atoms with Crippen LogP contribution in [0.3, 0.4) is 0 Å². The number of benzene rings is 1. The SMILES string of the molecule is N#Cc1ccc(CS(=O)(=O)NC2(CO)CCC2)cc1. The van der Waals surface area contributed by atoms with Crippen LogP contribution in [0.2, 0.25) is 0 Å². The van der Waals surface area contributed by atoms with Crippen LogP contribution in [0.25, 0.3) is 0 Å². The van der Waals surface area contributed by atoms with Crippen LogP contribution in [0.1, 0.15) is 30.4 Å². The number of aliphatic hydroxyl groups excluding tert-OH is 1. The van der Waals surface area contributed by atoms with Gasteiger partial charge in [0, 0.05) is 0 Å². The van der Waals surface area contributed by atoms with Crippen LogP contribution in [0.15, 0.2) is 24.3 Å². The van der Waals surface area contributed by atoms with Crippen molar-refractivity contribution in [1.82, 2.24) is 4.72 Å². The predicted octanol–water partition coefficient (Wildman–Crippen LogP) is 0.893. The Bertz CT molecular complexity index is 578. The normalized spacial score (nSPS) is 17.5. The zero-order valence-electron chi connectivity index (χ0n) is 10.5. The number of rotatable bonds is 5. The minimum atomic E-state index is -3.48. The molecule has 0 spiro atoms. The molecular formula is C13H16N2O3S. The minimum Gasteiger partial charge on any atom is -0.394 e. The lowest BCUT2D eigenvalue weighted by Gasteiger charge is -2.40. The summed E-state index contributed by atoms with van der Waals surface area (Å²) in [5, 5.41) is 17.9. The molecule has 19 heavy (non-hydrogen) atoms. The maximum absolute atomic E-state index is 12.0. The highest BCUT2D eigenvalue weighted by atomic mass is 32.2. The summed E-state index contributed by atoms with van der Waals surface area (Å²) in [6, 6.07) is 8.43. The molecule has 0 atom stereocenters. The third-order valence-corrected chi connectivity index (χ3v) is 4.88. The molecule has 0 unspecified atom stereocenters. The molecule has 1 saturated carbocycles. The summed E-state index contributed by atoms with van der Waals surface area (Å²) < 4.78 is 26.7. The van der Waals surface area contributed by atoms with Crippen LogP contribution in [0.5, 0.6) is 0 Å². The monoisotopic (exact) mass is 280 g/mol. The van der Waals surface area contributed by atoms with E-state index in [1.165, 1.54) is 0 Å². The molecule has 102 valence electrons. The molecule has 1 aliphatic rings. The zero-order valence-corrected chi connectivity index (χ0v) is 11.3. The van der Waals surface area contributed by atoms with Gasteiger partial charge in [-0.15, -0.1) is 0 Å². The molecule has 0 aliphatic heterocycles. The summed E-state index contributed by atoms with van der Waals surface area (Å²) in [7, 11) is -3.48. The van der Waals surface area contributed by atoms with Crippen LogP contribution in [-0.2, 0) is 15.8 Å². The Morgan fingerprint density at radius 2 is 1.95 bits per heavy atom. The standard InChI is InChI=1S/C13H16N2O3S/c14-8-11-2-4-12(5-3-11)9-19(17,18)15-13(10-16)6-1-7-13/h2-5,15-16H,1,6-7,9-10H2. The smallest absolute Gasteiger partial charge is 0.216 e. The Kier molecular flexibility index (Phi) is 3.90. The van der Waals surface area contributed by atoms with Gasteiger partial charge in [-0.3, -0.25) is 0 Å². The van der Waals surface area contributed by atoms with Crippen molar-refractivity contribution in [2.75, 3.05) is 6.61 Å². The van der Waals surface area contributed by atoms with Gasteiger partial charge in [-0.1, -0.05) is 12.1 Å². The highest BCUT2D eigenvalue weighted by Gasteiger charge is 2.39. The average Bonchev–Trinajstić information content (AvgIpc) is 2.34. The first-order valence-electron chi connectivity index (χ1n) is 6.10. The number of hydrogen-bond acceptors (Lipinski definition) is 4. The molecule has 5 nitrogen and oxygen atoms in total. The van der Waals surface area contributed by atoms with Crippen molar-refractivity contribution in [2.45, 2.75) is 30.6 Å². The van der Waals surface area contributed by atoms with Gasteiger partial charge in [0.1, 0.15) is 0 Å². The van der Waals surface area contributed by atoms with Crippen molar-refractivity contribution >= 4 is 10.0 Å². The largest absolute Gasteiger partial charge is 0.394 e. The first-order valence-corrected chi connectivity index (χ1v) is 7.75. The summed E-state index contributed by atoms with van der Waals surface area (Å²) in [6.45, 7) is -0.167. The number of hydrogen-bond donors (Lipinski definition) is 2. The summed E-state index contributed by atoms with van der Waals surface area (Å²) in [5.74, 6) is -0.138. The summed E-state index contributed by atoms with van der Waals surface area (Å²) in [5.41, 5.74) is 0.463. The molecule has 0 amide bonds. The van der Waals surface area contributed by atoms with Crippen molar-refractivity contribution in [3.8, 4) is 6.07 Å². The third kappa shape index (κ3) is 3.32. The minimum absolute atomic E-state index is 0.138. The molecule has 1 aliphatic carbocycles. The van der Waals surface area contributed by atoms with Gasteiger partial charge in [0.15, 0.2) is 0 Å². The number of nitrogens with one attached hydrogen (secondary N) is 1. The van der Waals surface area contributed by atoms with Crippen LogP contribution in [0, 0.1) is 11.3 Å². The average molecular weight is 280 g/mol. The molecule has 0 bridgehead atoms. The Labute approximate surface area is 112 Å². The van der Waals surface area contributed by atoms with Crippen LogP contribution < -0.4 is 4.72 Å². The van der Waals surface area contributed by atoms with Gasteiger partial charge in [-0.2, -0.15) is 5.26 Å². The second-order valence-corrected chi connectivity index (χ2v) is 6.68. The van der Waals surface area contributed by atoms with Crippen molar-refractivity contribution in [3.05, 3.63) is 35.4 Å². The lowest BCUT2D eigenvalue weighted by atomic mass is 9.78. The van der Waals surface area contributed by atoms with Gasteiger partial charge in [0.2, 0.25) is 10.0 Å². The van der Waals surface area contributed by atoms with E-state index in [1.807, 2.05) is 6.07 Å². The highest BCUT2D eigenvalue weighted by molar-refractivity contribution is 7.88. The van der Waals surface area contributed by atoms with E-state index < -0.39 is 15.6 Å². The summed E-state index contributed by atoms with van der Waals surface area (Å²) in [4.78, 5) is 0. The van der Waals surface area contributed by atoms with Crippen LogP contribution in [0.4, 0.5) is 0 Å². The Morgan fingerprint density at radius 3 is 2.37 bits per heavy atom. The van der Waals surface area contributed by atoms with Crippen molar-refractivity contribution in [2.24, 2.45) is 0 Å². The molecule has 1 aromatic carbocycles. The Hall–Kier alpha value is -1.42. The second kappa shape index (κ2) is 5.29. The van der Waals surface area contributed by atoms with Gasteiger partial charge >= 0.3 is 0 Å². The van der Waals surface area contributed by atoms with E-state index in [1.54, 1.807) is 24.3 Å². The molecule has 2 N–H and O–H groups in total. The molecule has 0 saturated heterocycles. The lowest BCUT2D eigenvalue weighted by molar-refractivity contribution is 0.110. The first-order chi connectivity index (χ1) is 8.99. The number of aliphatic hydroxyl groups is 1. The molecule has 0 heterocycles. The van der Waals surface area contributed by atoms with E-state index >= 15 is 0 Å². The van der Waals surface area contributed by atoms with Crippen molar-refractivity contribution < 1.29 is 13.5 Å². The van der Waals surface area contributed by atoms with Crippen LogP contribution >= 0.6 is 0 Å². The summed E-state index contributed by atoms with van der Waals surface area (Å²) in [6.07, 6.45) is 2.28. The van der Waals surface area contributed by atoms with Crippen molar-refractivity contribution in [3.63, 3.8) is 0 Å². The van der Waals surface area contributed by atoms with E-state index in [4.69, 9.17) is 5.26 Å². The first kappa shape index (κ1) is 14.0. The van der Waals surface area contributed by atoms with E-state index in [0.717, 1.165) is 6.42 Å². The van der Waals surface area contributed by atoms with Gasteiger partial charge in [-0.25, -0.2) is 13.1 Å². The molecule has 0 radical (unpaired) electrons. The third-order valence-electron chi connectivity index (χ3n) is 3.43. The molecule has 6 heteroatoms.